The zero-order valence-electron chi connectivity index (χ0n) is 11.1. The molecule has 2 rings (SSSR count). The van der Waals surface area contributed by atoms with Crippen molar-refractivity contribution >= 4 is 33.1 Å². The van der Waals surface area contributed by atoms with E-state index in [9.17, 15) is 4.91 Å². The minimum atomic E-state index is -0.116. The van der Waals surface area contributed by atoms with Crippen molar-refractivity contribution in [3.63, 3.8) is 0 Å². The molecule has 0 saturated heterocycles. The van der Waals surface area contributed by atoms with Crippen molar-refractivity contribution in [1.82, 2.24) is 9.97 Å². The molecule has 106 valence electrons. The van der Waals surface area contributed by atoms with Gasteiger partial charge in [-0.1, -0.05) is 0 Å². The molecule has 0 unspecified atom stereocenters. The van der Waals surface area contributed by atoms with Gasteiger partial charge in [-0.2, -0.15) is 5.26 Å². The predicted molar refractivity (Wildman–Crippen MR) is 82.7 cm³/mol. The Labute approximate surface area is 129 Å². The molecule has 0 aromatic carbocycles. The highest BCUT2D eigenvalue weighted by molar-refractivity contribution is 9.10. The smallest absolute Gasteiger partial charge is 0.222 e. The summed E-state index contributed by atoms with van der Waals surface area (Å²) in [6, 6.07) is 5.50. The van der Waals surface area contributed by atoms with Crippen LogP contribution in [0.25, 0.3) is 0 Å². The maximum atomic E-state index is 10.6. The molecular formula is C13H11BrN6O. The topological polar surface area (TPSA) is 131 Å². The van der Waals surface area contributed by atoms with Crippen molar-refractivity contribution in [3.8, 4) is 6.07 Å². The Balaban J connectivity index is 2.48. The van der Waals surface area contributed by atoms with Gasteiger partial charge in [-0.05, 0) is 40.2 Å². The minimum Gasteiger partial charge on any atom is -0.397 e. The molecule has 0 radical (unpaired) electrons. The first-order valence-electron chi connectivity index (χ1n) is 5.91. The van der Waals surface area contributed by atoms with Crippen LogP contribution in [-0.4, -0.2) is 9.97 Å². The molecule has 0 aliphatic heterocycles. The molecule has 0 aliphatic carbocycles. The quantitative estimate of drug-likeness (QED) is 0.820. The third kappa shape index (κ3) is 2.83. The normalized spacial score (nSPS) is 10.1. The number of nitriles is 1. The Morgan fingerprint density at radius 1 is 1.33 bits per heavy atom. The number of aromatic nitrogens is 2. The molecular weight excluding hydrogens is 336 g/mol. The molecule has 2 aromatic rings. The van der Waals surface area contributed by atoms with Gasteiger partial charge in [0.25, 0.3) is 0 Å². The van der Waals surface area contributed by atoms with Gasteiger partial charge in [0.15, 0.2) is 5.69 Å². The van der Waals surface area contributed by atoms with Gasteiger partial charge in [0.1, 0.15) is 11.8 Å². The zero-order valence-corrected chi connectivity index (χ0v) is 12.7. The lowest BCUT2D eigenvalue weighted by Gasteiger charge is -2.12. The van der Waals surface area contributed by atoms with E-state index in [-0.39, 0.29) is 22.9 Å². The van der Waals surface area contributed by atoms with Crippen LogP contribution in [0, 0.1) is 23.2 Å². The van der Waals surface area contributed by atoms with E-state index in [4.69, 9.17) is 16.7 Å². The summed E-state index contributed by atoms with van der Waals surface area (Å²) in [6.07, 6.45) is 0.357. The van der Waals surface area contributed by atoms with Crippen LogP contribution >= 0.6 is 15.9 Å². The fourth-order valence-electron chi connectivity index (χ4n) is 1.90. The van der Waals surface area contributed by atoms with Crippen LogP contribution in [-0.2, 0) is 6.42 Å². The zero-order chi connectivity index (χ0) is 15.6. The van der Waals surface area contributed by atoms with E-state index in [1.54, 1.807) is 19.1 Å². The van der Waals surface area contributed by atoms with Gasteiger partial charge in [0, 0.05) is 23.4 Å². The van der Waals surface area contributed by atoms with Crippen molar-refractivity contribution in [2.75, 3.05) is 11.5 Å². The molecule has 0 bridgehead atoms. The monoisotopic (exact) mass is 346 g/mol. The van der Waals surface area contributed by atoms with Crippen molar-refractivity contribution in [1.29, 1.82) is 5.26 Å². The van der Waals surface area contributed by atoms with Gasteiger partial charge in [-0.3, -0.25) is 0 Å². The number of nitrogens with two attached hydrogens (primary N) is 2. The van der Waals surface area contributed by atoms with E-state index in [0.29, 0.717) is 27.8 Å². The fraction of sp³-hybridized carbons (Fsp3) is 0.154. The first-order chi connectivity index (χ1) is 9.97. The number of hydrogen-bond acceptors (Lipinski definition) is 7. The lowest BCUT2D eigenvalue weighted by Crippen LogP contribution is -2.07. The Hall–Kier alpha value is -2.53. The van der Waals surface area contributed by atoms with Gasteiger partial charge >= 0.3 is 0 Å². The third-order valence-electron chi connectivity index (χ3n) is 3.02. The molecule has 4 N–H and O–H groups in total. The van der Waals surface area contributed by atoms with Crippen molar-refractivity contribution in [2.45, 2.75) is 13.3 Å². The number of rotatable bonds is 3. The summed E-state index contributed by atoms with van der Waals surface area (Å²) in [6.45, 7) is 1.71. The second kappa shape index (κ2) is 5.85. The Bertz CT molecular complexity index is 768. The predicted octanol–water partition coefficient (Wildman–Crippen LogP) is 2.57. The van der Waals surface area contributed by atoms with Crippen LogP contribution in [0.5, 0.6) is 0 Å². The van der Waals surface area contributed by atoms with Crippen LogP contribution in [0.15, 0.2) is 21.8 Å². The molecule has 0 atom stereocenters. The molecule has 0 amide bonds. The summed E-state index contributed by atoms with van der Waals surface area (Å²) in [5.41, 5.74) is 14.2. The minimum absolute atomic E-state index is 0.0585. The lowest BCUT2D eigenvalue weighted by atomic mass is 10.0. The number of nitrogen functional groups attached to an aromatic ring is 2. The molecule has 0 aliphatic rings. The van der Waals surface area contributed by atoms with Gasteiger partial charge < -0.3 is 11.5 Å². The number of halogens is 1. The highest BCUT2D eigenvalue weighted by Gasteiger charge is 2.15. The van der Waals surface area contributed by atoms with Crippen LogP contribution in [0.1, 0.15) is 22.6 Å². The molecule has 2 heterocycles. The average Bonchev–Trinajstić information content (AvgIpc) is 2.48. The Morgan fingerprint density at radius 3 is 2.67 bits per heavy atom. The van der Waals surface area contributed by atoms with E-state index < -0.39 is 0 Å². The summed E-state index contributed by atoms with van der Waals surface area (Å²) in [5, 5.41) is 11.7. The largest absolute Gasteiger partial charge is 0.397 e. The first kappa shape index (κ1) is 14.9. The van der Waals surface area contributed by atoms with Gasteiger partial charge in [0.2, 0.25) is 5.82 Å². The second-order valence-electron chi connectivity index (χ2n) is 4.34. The van der Waals surface area contributed by atoms with Gasteiger partial charge in [0.05, 0.1) is 10.2 Å². The number of pyridine rings is 2. The van der Waals surface area contributed by atoms with Crippen LogP contribution < -0.4 is 11.5 Å². The molecule has 0 spiro atoms. The van der Waals surface area contributed by atoms with Crippen molar-refractivity contribution in [3.05, 3.63) is 44.2 Å². The maximum absolute atomic E-state index is 10.6. The first-order valence-corrected chi connectivity index (χ1v) is 6.70. The fourth-order valence-corrected chi connectivity index (χ4v) is 2.21. The molecule has 8 heteroatoms. The lowest BCUT2D eigenvalue weighted by molar-refractivity contribution is 1.02. The van der Waals surface area contributed by atoms with Crippen LogP contribution in [0.2, 0.25) is 0 Å². The summed E-state index contributed by atoms with van der Waals surface area (Å²) in [5.74, 6) is -0.116. The number of nitroso groups, excluding NO2 is 1. The van der Waals surface area contributed by atoms with Gasteiger partial charge in [-0.15, -0.1) is 4.91 Å². The molecule has 0 saturated carbocycles. The van der Waals surface area contributed by atoms with Crippen molar-refractivity contribution in [2.24, 2.45) is 5.18 Å². The number of anilines is 2. The summed E-state index contributed by atoms with van der Waals surface area (Å²) in [4.78, 5) is 18.9. The van der Waals surface area contributed by atoms with Crippen LogP contribution in [0.4, 0.5) is 17.2 Å². The SMILES string of the molecule is Cc1nc(N=O)c(N)c(N)c1Cc1ccc(Br)c(C#N)n1. The van der Waals surface area contributed by atoms with E-state index in [1.807, 2.05) is 6.07 Å². The van der Waals surface area contributed by atoms with Crippen molar-refractivity contribution < 1.29 is 0 Å². The highest BCUT2D eigenvalue weighted by Crippen LogP contribution is 2.32. The third-order valence-corrected chi connectivity index (χ3v) is 3.66. The van der Waals surface area contributed by atoms with E-state index in [1.165, 1.54) is 0 Å². The maximum Gasteiger partial charge on any atom is 0.222 e. The number of nitrogens with zero attached hydrogens (tertiary/aromatic N) is 4. The molecule has 7 nitrogen and oxygen atoms in total. The van der Waals surface area contributed by atoms with E-state index >= 15 is 0 Å². The summed E-state index contributed by atoms with van der Waals surface area (Å²) < 4.78 is 0.622. The van der Waals surface area contributed by atoms with E-state index in [0.717, 1.165) is 0 Å². The Kier molecular flexibility index (Phi) is 4.14. The molecule has 21 heavy (non-hydrogen) atoms. The molecule has 2 aromatic heterocycles. The highest BCUT2D eigenvalue weighted by atomic mass is 79.9. The summed E-state index contributed by atoms with van der Waals surface area (Å²) >= 11 is 3.25. The van der Waals surface area contributed by atoms with Gasteiger partial charge in [-0.25, -0.2) is 9.97 Å². The van der Waals surface area contributed by atoms with Crippen LogP contribution in [0.3, 0.4) is 0 Å². The second-order valence-corrected chi connectivity index (χ2v) is 5.19. The summed E-state index contributed by atoms with van der Waals surface area (Å²) in [7, 11) is 0. The standard InChI is InChI=1S/C13H11BrN6O/c1-6-8(11(16)12(17)13(18-6)20-21)4-7-2-3-9(14)10(5-15)19-7/h2-3H,4,17H2,1H3,(H2,16,18). The average molecular weight is 347 g/mol. The number of hydrogen-bond donors (Lipinski definition) is 2. The number of aryl methyl sites for hydroxylation is 1. The van der Waals surface area contributed by atoms with E-state index in [2.05, 4.69) is 31.1 Å². The molecule has 0 fully saturated rings. The Morgan fingerprint density at radius 2 is 2.05 bits per heavy atom.